The van der Waals surface area contributed by atoms with Crippen molar-refractivity contribution in [1.82, 2.24) is 15.0 Å². The van der Waals surface area contributed by atoms with Crippen LogP contribution in [0.4, 0.5) is 5.13 Å². The molecule has 0 aromatic carbocycles. The van der Waals surface area contributed by atoms with E-state index in [2.05, 4.69) is 20.9 Å². The van der Waals surface area contributed by atoms with Gasteiger partial charge in [0.05, 0.1) is 29.1 Å². The highest BCUT2D eigenvalue weighted by Crippen LogP contribution is 2.31. The van der Waals surface area contributed by atoms with Crippen LogP contribution in [0.1, 0.15) is 18.4 Å². The molecule has 0 saturated carbocycles. The number of pyridine rings is 2. The lowest BCUT2D eigenvalue weighted by Crippen LogP contribution is -2.37. The molecular formula is C18H17N5OS. The molecule has 7 heteroatoms. The molecule has 0 N–H and O–H groups in total. The Morgan fingerprint density at radius 3 is 3.20 bits per heavy atom. The van der Waals surface area contributed by atoms with E-state index < -0.39 is 0 Å². The molecule has 0 bridgehead atoms. The predicted molar refractivity (Wildman–Crippen MR) is 96.8 cm³/mol. The molecule has 4 heterocycles. The van der Waals surface area contributed by atoms with E-state index in [-0.39, 0.29) is 0 Å². The first-order valence-corrected chi connectivity index (χ1v) is 9.08. The van der Waals surface area contributed by atoms with E-state index in [4.69, 9.17) is 15.0 Å². The molecule has 1 atom stereocenters. The summed E-state index contributed by atoms with van der Waals surface area (Å²) in [6.45, 7) is 2.54. The van der Waals surface area contributed by atoms with Crippen LogP contribution < -0.4 is 9.64 Å². The minimum atomic E-state index is 0.423. The van der Waals surface area contributed by atoms with Crippen molar-refractivity contribution in [2.45, 2.75) is 12.8 Å². The zero-order valence-corrected chi connectivity index (χ0v) is 14.4. The van der Waals surface area contributed by atoms with Crippen LogP contribution in [0.5, 0.6) is 5.88 Å². The van der Waals surface area contributed by atoms with E-state index >= 15 is 0 Å². The van der Waals surface area contributed by atoms with Crippen LogP contribution in [-0.4, -0.2) is 34.6 Å². The van der Waals surface area contributed by atoms with Crippen molar-refractivity contribution in [2.24, 2.45) is 5.92 Å². The Morgan fingerprint density at radius 2 is 2.32 bits per heavy atom. The molecule has 6 nitrogen and oxygen atoms in total. The minimum absolute atomic E-state index is 0.423. The third-order valence-electron chi connectivity index (χ3n) is 4.30. The van der Waals surface area contributed by atoms with Gasteiger partial charge in [-0.2, -0.15) is 5.26 Å². The van der Waals surface area contributed by atoms with Crippen LogP contribution >= 0.6 is 11.3 Å². The third kappa shape index (κ3) is 3.54. The second-order valence-electron chi connectivity index (χ2n) is 6.10. The van der Waals surface area contributed by atoms with Crippen LogP contribution in [0, 0.1) is 17.2 Å². The molecule has 0 aliphatic carbocycles. The summed E-state index contributed by atoms with van der Waals surface area (Å²) >= 11 is 1.71. The van der Waals surface area contributed by atoms with Crippen LogP contribution in [0.3, 0.4) is 0 Å². The largest absolute Gasteiger partial charge is 0.477 e. The van der Waals surface area contributed by atoms with Gasteiger partial charge in [-0.25, -0.2) is 9.97 Å². The fourth-order valence-corrected chi connectivity index (χ4v) is 4.01. The van der Waals surface area contributed by atoms with Crippen molar-refractivity contribution >= 4 is 26.7 Å². The number of hydrogen-bond donors (Lipinski definition) is 0. The molecule has 3 aromatic heterocycles. The molecule has 1 aliphatic rings. The molecule has 126 valence electrons. The Morgan fingerprint density at radius 1 is 1.36 bits per heavy atom. The van der Waals surface area contributed by atoms with Crippen molar-refractivity contribution in [3.05, 3.63) is 42.4 Å². The van der Waals surface area contributed by atoms with Gasteiger partial charge in [-0.15, -0.1) is 0 Å². The van der Waals surface area contributed by atoms with Gasteiger partial charge in [0.25, 0.3) is 0 Å². The number of hydrogen-bond acceptors (Lipinski definition) is 7. The summed E-state index contributed by atoms with van der Waals surface area (Å²) in [5, 5.41) is 10.0. The zero-order valence-electron chi connectivity index (χ0n) is 13.6. The maximum absolute atomic E-state index is 8.95. The van der Waals surface area contributed by atoms with E-state index in [9.17, 15) is 0 Å². The van der Waals surface area contributed by atoms with Crippen LogP contribution in [0.15, 0.2) is 36.8 Å². The predicted octanol–water partition coefficient (Wildman–Crippen LogP) is 3.25. The summed E-state index contributed by atoms with van der Waals surface area (Å²) in [5.74, 6) is 0.939. The highest BCUT2D eigenvalue weighted by atomic mass is 32.1. The fourth-order valence-electron chi connectivity index (χ4n) is 3.04. The van der Waals surface area contributed by atoms with Crippen molar-refractivity contribution in [1.29, 1.82) is 5.26 Å². The van der Waals surface area contributed by atoms with Gasteiger partial charge in [-0.1, -0.05) is 11.3 Å². The van der Waals surface area contributed by atoms with Gasteiger partial charge in [-0.3, -0.25) is 4.98 Å². The lowest BCUT2D eigenvalue weighted by molar-refractivity contribution is 0.222. The summed E-state index contributed by atoms with van der Waals surface area (Å²) < 4.78 is 6.98. The number of ether oxygens (including phenoxy) is 1. The number of anilines is 1. The summed E-state index contributed by atoms with van der Waals surface area (Å²) in [6.07, 6.45) is 7.47. The van der Waals surface area contributed by atoms with Gasteiger partial charge in [0.15, 0.2) is 5.13 Å². The SMILES string of the molecule is N#Cc1ccnc(OCC2CCCN(c3nc4cnccc4s3)C2)c1. The first-order valence-electron chi connectivity index (χ1n) is 8.26. The number of aromatic nitrogens is 3. The second kappa shape index (κ2) is 7.03. The standard InChI is InChI=1S/C18H17N5OS/c19-9-13-3-6-21-17(8-13)24-12-14-2-1-7-23(11-14)18-22-15-10-20-5-4-16(15)25-18/h3-6,8,10,14H,1-2,7,11-12H2. The van der Waals surface area contributed by atoms with E-state index in [0.29, 0.717) is 24.0 Å². The first-order chi connectivity index (χ1) is 12.3. The maximum Gasteiger partial charge on any atom is 0.214 e. The Bertz CT molecular complexity index is 886. The van der Waals surface area contributed by atoms with E-state index in [1.165, 1.54) is 4.70 Å². The van der Waals surface area contributed by atoms with Gasteiger partial charge in [0.2, 0.25) is 5.88 Å². The first kappa shape index (κ1) is 15.8. The smallest absolute Gasteiger partial charge is 0.214 e. The monoisotopic (exact) mass is 351 g/mol. The number of piperidine rings is 1. The number of nitriles is 1. The number of nitrogens with zero attached hydrogens (tertiary/aromatic N) is 5. The molecule has 0 radical (unpaired) electrons. The van der Waals surface area contributed by atoms with Crippen LogP contribution in [0.25, 0.3) is 10.2 Å². The van der Waals surface area contributed by atoms with E-state index in [0.717, 1.165) is 36.6 Å². The summed E-state index contributed by atoms with van der Waals surface area (Å²) in [6, 6.07) is 7.47. The molecular weight excluding hydrogens is 334 g/mol. The fraction of sp³-hybridized carbons (Fsp3) is 0.333. The van der Waals surface area contributed by atoms with Gasteiger partial charge in [0.1, 0.15) is 5.52 Å². The van der Waals surface area contributed by atoms with Gasteiger partial charge in [0, 0.05) is 37.5 Å². The second-order valence-corrected chi connectivity index (χ2v) is 7.11. The lowest BCUT2D eigenvalue weighted by Gasteiger charge is -2.32. The molecule has 3 aromatic rings. The normalized spacial score (nSPS) is 17.4. The van der Waals surface area contributed by atoms with Gasteiger partial charge in [-0.05, 0) is 25.0 Å². The lowest BCUT2D eigenvalue weighted by atomic mass is 9.99. The topological polar surface area (TPSA) is 74.9 Å². The maximum atomic E-state index is 8.95. The average molecular weight is 351 g/mol. The Balaban J connectivity index is 1.41. The molecule has 25 heavy (non-hydrogen) atoms. The summed E-state index contributed by atoms with van der Waals surface area (Å²) in [4.78, 5) is 15.4. The number of rotatable bonds is 4. The Labute approximate surface area is 149 Å². The van der Waals surface area contributed by atoms with Gasteiger partial charge < -0.3 is 9.64 Å². The molecule has 1 fully saturated rings. The van der Waals surface area contributed by atoms with Crippen molar-refractivity contribution in [2.75, 3.05) is 24.6 Å². The van der Waals surface area contributed by atoms with Gasteiger partial charge >= 0.3 is 0 Å². The number of thiazole rings is 1. The van der Waals surface area contributed by atoms with Crippen molar-refractivity contribution < 1.29 is 4.74 Å². The average Bonchev–Trinajstić information content (AvgIpc) is 3.11. The van der Waals surface area contributed by atoms with Crippen molar-refractivity contribution in [3.8, 4) is 11.9 Å². The zero-order chi connectivity index (χ0) is 17.1. The summed E-state index contributed by atoms with van der Waals surface area (Å²) in [7, 11) is 0. The highest BCUT2D eigenvalue weighted by Gasteiger charge is 2.23. The molecule has 1 saturated heterocycles. The molecule has 4 rings (SSSR count). The van der Waals surface area contributed by atoms with E-state index in [1.54, 1.807) is 35.9 Å². The highest BCUT2D eigenvalue weighted by molar-refractivity contribution is 7.22. The third-order valence-corrected chi connectivity index (χ3v) is 5.40. The van der Waals surface area contributed by atoms with Crippen LogP contribution in [0.2, 0.25) is 0 Å². The summed E-state index contributed by atoms with van der Waals surface area (Å²) in [5.41, 5.74) is 1.52. The Kier molecular flexibility index (Phi) is 4.44. The molecule has 1 aliphatic heterocycles. The molecule has 1 unspecified atom stereocenters. The minimum Gasteiger partial charge on any atom is -0.477 e. The van der Waals surface area contributed by atoms with E-state index in [1.807, 2.05) is 12.3 Å². The molecule has 0 amide bonds. The van der Waals surface area contributed by atoms with Crippen LogP contribution in [-0.2, 0) is 0 Å². The number of fused-ring (bicyclic) bond motifs is 1. The van der Waals surface area contributed by atoms with Crippen molar-refractivity contribution in [3.63, 3.8) is 0 Å². The molecule has 0 spiro atoms. The Hall–Kier alpha value is -2.72. The quantitative estimate of drug-likeness (QED) is 0.718.